The van der Waals surface area contributed by atoms with E-state index in [1.54, 1.807) is 13.0 Å². The first-order valence-electron chi connectivity index (χ1n) is 16.6. The van der Waals surface area contributed by atoms with E-state index >= 15 is 8.78 Å². The highest BCUT2D eigenvalue weighted by atomic mass is 19.3. The second kappa shape index (κ2) is 12.7. The van der Waals surface area contributed by atoms with Gasteiger partial charge in [0.1, 0.15) is 40.4 Å². The average Bonchev–Trinajstić information content (AvgIpc) is 3.39. The van der Waals surface area contributed by atoms with Crippen LogP contribution in [0.5, 0.6) is 11.8 Å². The van der Waals surface area contributed by atoms with Gasteiger partial charge in [0.15, 0.2) is 5.82 Å². The molecule has 3 saturated heterocycles. The number of pyridine rings is 1. The van der Waals surface area contributed by atoms with E-state index in [4.69, 9.17) is 14.7 Å². The van der Waals surface area contributed by atoms with Crippen molar-refractivity contribution in [3.8, 4) is 34.9 Å². The van der Waals surface area contributed by atoms with Crippen molar-refractivity contribution in [2.45, 2.75) is 77.0 Å². The number of anilines is 1. The van der Waals surface area contributed by atoms with E-state index in [0.717, 1.165) is 12.8 Å². The number of hydrogen-bond donors (Lipinski definition) is 2. The zero-order valence-electron chi connectivity index (χ0n) is 27.2. The molecule has 12 heteroatoms. The number of alkyl halides is 2. The number of hydrogen-bond acceptors (Lipinski definition) is 8. The highest BCUT2D eigenvalue weighted by Crippen LogP contribution is 2.41. The minimum atomic E-state index is -2.66. The van der Waals surface area contributed by atoms with Crippen LogP contribution in [0.2, 0.25) is 0 Å². The Morgan fingerprint density at radius 2 is 1.79 bits per heavy atom. The predicted octanol–water partition coefficient (Wildman–Crippen LogP) is 6.20. The lowest BCUT2D eigenvalue weighted by Crippen LogP contribution is -2.51. The van der Waals surface area contributed by atoms with Crippen molar-refractivity contribution in [1.29, 1.82) is 0 Å². The number of piperidine rings is 1. The Bertz CT molecular complexity index is 1940. The van der Waals surface area contributed by atoms with Crippen LogP contribution in [0.4, 0.5) is 23.4 Å². The van der Waals surface area contributed by atoms with Gasteiger partial charge in [-0.2, -0.15) is 9.97 Å². The van der Waals surface area contributed by atoms with E-state index in [-0.39, 0.29) is 72.2 Å². The fourth-order valence-corrected chi connectivity index (χ4v) is 7.45. The Kier molecular flexibility index (Phi) is 8.54. The number of benzene rings is 2. The van der Waals surface area contributed by atoms with E-state index < -0.39 is 23.7 Å². The lowest BCUT2D eigenvalue weighted by Gasteiger charge is -2.35. The standard InChI is InChI=1S/C36H38F4N6O2/c1-4-6-28-30-33(31(38)32(42-28)26-16-24(47)15-21-7-10-27(37)25(5-2)29(21)26)43-35(44-34(30)46-18-22-8-9-23(19-46)41-22)48-20(3)17-45-13-11-36(39,40)12-14-45/h7,10,15-16,20,22-23,41,47H,5,8-9,11-14,17-19H2,1-3H3/t20-,22-,23+/m0/s1. The monoisotopic (exact) mass is 662 g/mol. The highest BCUT2D eigenvalue weighted by molar-refractivity contribution is 6.03. The molecule has 3 atom stereocenters. The molecule has 48 heavy (non-hydrogen) atoms. The molecule has 0 radical (unpaired) electrons. The number of nitrogens with one attached hydrogen (secondary N) is 1. The molecule has 3 aliphatic rings. The third kappa shape index (κ3) is 6.10. The largest absolute Gasteiger partial charge is 0.508 e. The Balaban J connectivity index is 1.39. The molecule has 8 nitrogen and oxygen atoms in total. The number of likely N-dealkylation sites (tertiary alicyclic amines) is 1. The van der Waals surface area contributed by atoms with Crippen LogP contribution in [0.15, 0.2) is 24.3 Å². The second-order valence-corrected chi connectivity index (χ2v) is 13.2. The maximum absolute atomic E-state index is 17.1. The third-order valence-electron chi connectivity index (χ3n) is 9.68. The lowest BCUT2D eigenvalue weighted by molar-refractivity contribution is -0.0595. The molecule has 0 saturated carbocycles. The molecule has 3 aliphatic heterocycles. The number of nitrogens with zero attached hydrogens (tertiary/aromatic N) is 5. The summed E-state index contributed by atoms with van der Waals surface area (Å²) in [5.74, 6) is 2.38. The van der Waals surface area contributed by atoms with Gasteiger partial charge < -0.3 is 20.1 Å². The third-order valence-corrected chi connectivity index (χ3v) is 9.68. The molecule has 2 aromatic heterocycles. The van der Waals surface area contributed by atoms with Crippen LogP contribution in [0.25, 0.3) is 32.9 Å². The first kappa shape index (κ1) is 32.3. The fourth-order valence-electron chi connectivity index (χ4n) is 7.45. The van der Waals surface area contributed by atoms with Crippen LogP contribution in [-0.2, 0) is 6.42 Å². The Morgan fingerprint density at radius 1 is 1.06 bits per heavy atom. The van der Waals surface area contributed by atoms with Crippen LogP contribution in [0, 0.1) is 23.5 Å². The molecule has 252 valence electrons. The van der Waals surface area contributed by atoms with Gasteiger partial charge >= 0.3 is 6.01 Å². The summed E-state index contributed by atoms with van der Waals surface area (Å²) in [6.07, 6.45) is 1.46. The molecular weight excluding hydrogens is 624 g/mol. The van der Waals surface area contributed by atoms with E-state index in [0.29, 0.717) is 53.6 Å². The predicted molar refractivity (Wildman–Crippen MR) is 177 cm³/mol. The lowest BCUT2D eigenvalue weighted by atomic mass is 9.94. The van der Waals surface area contributed by atoms with Crippen molar-refractivity contribution in [3.05, 3.63) is 47.2 Å². The number of rotatable bonds is 7. The first-order chi connectivity index (χ1) is 23.0. The van der Waals surface area contributed by atoms with Crippen molar-refractivity contribution < 1.29 is 27.4 Å². The Hall–Kier alpha value is -4.21. The fraction of sp³-hybridized carbons (Fsp3) is 0.472. The molecule has 0 aliphatic carbocycles. The minimum absolute atomic E-state index is 0.0502. The van der Waals surface area contributed by atoms with Crippen LogP contribution >= 0.6 is 0 Å². The van der Waals surface area contributed by atoms with E-state index in [9.17, 15) is 13.9 Å². The molecule has 7 rings (SSSR count). The molecule has 0 amide bonds. The summed E-state index contributed by atoms with van der Waals surface area (Å²) >= 11 is 0. The smallest absolute Gasteiger partial charge is 0.319 e. The molecule has 2 N–H and O–H groups in total. The summed E-state index contributed by atoms with van der Waals surface area (Å²) in [5, 5.41) is 15.6. The van der Waals surface area contributed by atoms with E-state index in [1.165, 1.54) is 18.2 Å². The van der Waals surface area contributed by atoms with Gasteiger partial charge in [-0.05, 0) is 73.6 Å². The van der Waals surface area contributed by atoms with Gasteiger partial charge in [-0.3, -0.25) is 4.90 Å². The molecular formula is C36H38F4N6O2. The van der Waals surface area contributed by atoms with Crippen LogP contribution in [0.1, 0.15) is 57.7 Å². The van der Waals surface area contributed by atoms with Gasteiger partial charge in [-0.15, -0.1) is 0 Å². The molecule has 0 spiro atoms. The number of ether oxygens (including phenoxy) is 1. The molecule has 5 heterocycles. The Labute approximate surface area is 276 Å². The summed E-state index contributed by atoms with van der Waals surface area (Å²) in [4.78, 5) is 18.2. The van der Waals surface area contributed by atoms with E-state index in [1.807, 2.05) is 18.7 Å². The topological polar surface area (TPSA) is 86.6 Å². The minimum Gasteiger partial charge on any atom is -0.508 e. The maximum atomic E-state index is 17.1. The van der Waals surface area contributed by atoms with Gasteiger partial charge in [0.2, 0.25) is 0 Å². The SMILES string of the molecule is CC#Cc1nc(-c2cc(O)cc3ccc(F)c(CC)c23)c(F)c2nc(O[C@@H](C)CN3CCC(F)(F)CC3)nc(N3C[C@H]4CC[C@@H](C3)N4)c12. The zero-order chi connectivity index (χ0) is 33.7. The second-order valence-electron chi connectivity index (χ2n) is 13.2. The van der Waals surface area contributed by atoms with Crippen LogP contribution in [-0.4, -0.2) is 81.8 Å². The Morgan fingerprint density at radius 3 is 2.48 bits per heavy atom. The van der Waals surface area contributed by atoms with Gasteiger partial charge in [0.05, 0.1) is 5.39 Å². The first-order valence-corrected chi connectivity index (χ1v) is 16.6. The molecule has 2 aromatic carbocycles. The summed E-state index contributed by atoms with van der Waals surface area (Å²) < 4.78 is 66.0. The quantitative estimate of drug-likeness (QED) is 0.179. The normalized spacial score (nSPS) is 21.4. The number of phenols is 1. The van der Waals surface area contributed by atoms with E-state index in [2.05, 4.69) is 27.0 Å². The molecule has 0 unspecified atom stereocenters. The summed E-state index contributed by atoms with van der Waals surface area (Å²) in [6.45, 7) is 7.43. The van der Waals surface area contributed by atoms with Crippen molar-refractivity contribution in [1.82, 2.24) is 25.2 Å². The summed E-state index contributed by atoms with van der Waals surface area (Å²) in [6, 6.07) is 6.22. The number of aromatic hydroxyl groups is 1. The molecule has 3 fully saturated rings. The van der Waals surface area contributed by atoms with Crippen LogP contribution < -0.4 is 15.0 Å². The number of aromatic nitrogens is 3. The number of aryl methyl sites for hydroxylation is 1. The van der Waals surface area contributed by atoms with Gasteiger partial charge in [0.25, 0.3) is 5.92 Å². The highest BCUT2D eigenvalue weighted by Gasteiger charge is 2.36. The van der Waals surface area contributed by atoms with Crippen molar-refractivity contribution in [3.63, 3.8) is 0 Å². The molecule has 2 bridgehead atoms. The number of halogens is 4. The van der Waals surface area contributed by atoms with Gasteiger partial charge in [-0.25, -0.2) is 22.5 Å². The number of fused-ring (bicyclic) bond motifs is 4. The average molecular weight is 663 g/mol. The van der Waals surface area contributed by atoms with Gasteiger partial charge in [0, 0.05) is 63.2 Å². The summed E-state index contributed by atoms with van der Waals surface area (Å²) in [7, 11) is 0. The van der Waals surface area contributed by atoms with Crippen molar-refractivity contribution >= 4 is 27.5 Å². The number of phenolic OH excluding ortho intramolecular Hbond substituents is 1. The summed E-state index contributed by atoms with van der Waals surface area (Å²) in [5.41, 5.74) is 0.668. The number of piperazine rings is 1. The van der Waals surface area contributed by atoms with Crippen LogP contribution in [0.3, 0.4) is 0 Å². The molecule has 4 aromatic rings. The van der Waals surface area contributed by atoms with Crippen molar-refractivity contribution in [2.24, 2.45) is 0 Å². The zero-order valence-corrected chi connectivity index (χ0v) is 27.2. The van der Waals surface area contributed by atoms with Crippen molar-refractivity contribution in [2.75, 3.05) is 37.6 Å². The van der Waals surface area contributed by atoms with Gasteiger partial charge in [-0.1, -0.05) is 18.9 Å². The maximum Gasteiger partial charge on any atom is 0.319 e.